The largest absolute Gasteiger partial charge is 0.362 e. The van der Waals surface area contributed by atoms with Crippen LogP contribution in [0.3, 0.4) is 0 Å². The van der Waals surface area contributed by atoms with Crippen LogP contribution in [0, 0.1) is 0 Å². The summed E-state index contributed by atoms with van der Waals surface area (Å²) in [5, 5.41) is 12.8. The minimum atomic E-state index is -0.750. The second kappa shape index (κ2) is 1.42. The van der Waals surface area contributed by atoms with Crippen molar-refractivity contribution in [2.24, 2.45) is 0 Å². The molecule has 0 fully saturated rings. The highest BCUT2D eigenvalue weighted by atomic mass is 32.2. The molecule has 0 saturated carbocycles. The Morgan fingerprint density at radius 2 is 2.57 bits per heavy atom. The van der Waals surface area contributed by atoms with E-state index in [1.54, 1.807) is 13.1 Å². The van der Waals surface area contributed by atoms with Crippen molar-refractivity contribution in [3.8, 4) is 0 Å². The molecule has 3 heteroatoms. The molecule has 40 valence electrons. The van der Waals surface area contributed by atoms with E-state index in [4.69, 9.17) is 5.11 Å². The minimum Gasteiger partial charge on any atom is -0.362 e. The van der Waals surface area contributed by atoms with Gasteiger partial charge < -0.3 is 10.4 Å². The first-order valence-electron chi connectivity index (χ1n) is 2.04. The Morgan fingerprint density at radius 1 is 1.86 bits per heavy atom. The maximum Gasteiger partial charge on any atom is 0.185 e. The zero-order valence-electron chi connectivity index (χ0n) is 4.01. The summed E-state index contributed by atoms with van der Waals surface area (Å²) in [7, 11) is 0. The molecule has 0 amide bonds. The molecule has 0 bridgehead atoms. The number of hydrogen-bond donors (Lipinski definition) is 2. The molecular formula is C4H7NOS. The van der Waals surface area contributed by atoms with Gasteiger partial charge in [0.25, 0.3) is 0 Å². The first-order chi connectivity index (χ1) is 3.21. The molecule has 0 spiro atoms. The van der Waals surface area contributed by atoms with Crippen molar-refractivity contribution in [3.63, 3.8) is 0 Å². The fourth-order valence-electron chi connectivity index (χ4n) is 0.389. The highest BCUT2D eigenvalue weighted by Crippen LogP contribution is 2.23. The van der Waals surface area contributed by atoms with Gasteiger partial charge in [-0.2, -0.15) is 0 Å². The Balaban J connectivity index is 2.49. The number of hydrogen-bond acceptors (Lipinski definition) is 3. The SMILES string of the molecule is CC1(O)NC=CS1. The number of aliphatic hydroxyl groups is 1. The fraction of sp³-hybridized carbons (Fsp3) is 0.500. The van der Waals surface area contributed by atoms with Crippen molar-refractivity contribution in [3.05, 3.63) is 11.6 Å². The highest BCUT2D eigenvalue weighted by molar-refractivity contribution is 8.03. The summed E-state index contributed by atoms with van der Waals surface area (Å²) in [4.78, 5) is 0. The summed E-state index contributed by atoms with van der Waals surface area (Å²) in [5.41, 5.74) is 0. The number of rotatable bonds is 0. The third-order valence-corrected chi connectivity index (χ3v) is 1.57. The summed E-state index contributed by atoms with van der Waals surface area (Å²) in [6, 6.07) is 0. The summed E-state index contributed by atoms with van der Waals surface area (Å²) in [6.07, 6.45) is 1.73. The minimum absolute atomic E-state index is 0.750. The molecule has 0 radical (unpaired) electrons. The van der Waals surface area contributed by atoms with Crippen molar-refractivity contribution >= 4 is 11.8 Å². The van der Waals surface area contributed by atoms with E-state index in [2.05, 4.69) is 5.32 Å². The van der Waals surface area contributed by atoms with Crippen LogP contribution in [0.2, 0.25) is 0 Å². The average molecular weight is 117 g/mol. The van der Waals surface area contributed by atoms with Gasteiger partial charge in [0.2, 0.25) is 0 Å². The van der Waals surface area contributed by atoms with Gasteiger partial charge in [-0.05, 0) is 12.3 Å². The van der Waals surface area contributed by atoms with Crippen molar-refractivity contribution in [1.82, 2.24) is 5.32 Å². The van der Waals surface area contributed by atoms with E-state index in [1.807, 2.05) is 5.41 Å². The molecule has 0 aromatic rings. The van der Waals surface area contributed by atoms with Crippen LogP contribution in [0.5, 0.6) is 0 Å². The topological polar surface area (TPSA) is 32.3 Å². The van der Waals surface area contributed by atoms with Gasteiger partial charge in [-0.15, -0.1) is 0 Å². The molecule has 2 nitrogen and oxygen atoms in total. The summed E-state index contributed by atoms with van der Waals surface area (Å²) in [5.74, 6) is 0. The standard InChI is InChI=1S/C4H7NOS/c1-4(6)5-2-3-7-4/h2-3,5-6H,1H3. The van der Waals surface area contributed by atoms with Crippen LogP contribution < -0.4 is 5.32 Å². The summed E-state index contributed by atoms with van der Waals surface area (Å²) in [6.45, 7) is 1.71. The Morgan fingerprint density at radius 3 is 2.71 bits per heavy atom. The quantitative estimate of drug-likeness (QED) is 0.483. The first-order valence-corrected chi connectivity index (χ1v) is 2.92. The Bertz CT molecular complexity index is 89.9. The molecule has 0 aromatic carbocycles. The molecule has 1 unspecified atom stereocenters. The second-order valence-electron chi connectivity index (χ2n) is 1.55. The average Bonchev–Trinajstić information content (AvgIpc) is 1.84. The second-order valence-corrected chi connectivity index (χ2v) is 2.85. The predicted octanol–water partition coefficient (Wildman–Crippen LogP) is 0.460. The molecule has 0 aliphatic carbocycles. The predicted molar refractivity (Wildman–Crippen MR) is 30.5 cm³/mol. The summed E-state index contributed by atoms with van der Waals surface area (Å²) >= 11 is 1.36. The molecule has 1 aliphatic rings. The van der Waals surface area contributed by atoms with Gasteiger partial charge in [-0.25, -0.2) is 0 Å². The first kappa shape index (κ1) is 5.00. The van der Waals surface area contributed by atoms with E-state index in [1.165, 1.54) is 11.8 Å². The molecule has 1 atom stereocenters. The number of thioether (sulfide) groups is 1. The maximum absolute atomic E-state index is 8.98. The molecule has 1 aliphatic heterocycles. The molecular weight excluding hydrogens is 110 g/mol. The van der Waals surface area contributed by atoms with Gasteiger partial charge in [0, 0.05) is 6.20 Å². The van der Waals surface area contributed by atoms with Crippen LogP contribution in [0.4, 0.5) is 0 Å². The number of nitrogens with one attached hydrogen (secondary N) is 1. The lowest BCUT2D eigenvalue weighted by Crippen LogP contribution is -2.30. The van der Waals surface area contributed by atoms with E-state index in [0.29, 0.717) is 0 Å². The smallest absolute Gasteiger partial charge is 0.185 e. The lowest BCUT2D eigenvalue weighted by molar-refractivity contribution is 0.140. The summed E-state index contributed by atoms with van der Waals surface area (Å²) < 4.78 is 0. The van der Waals surface area contributed by atoms with Crippen LogP contribution in [-0.2, 0) is 0 Å². The monoisotopic (exact) mass is 117 g/mol. The van der Waals surface area contributed by atoms with Crippen LogP contribution in [0.1, 0.15) is 6.92 Å². The van der Waals surface area contributed by atoms with Crippen LogP contribution in [0.15, 0.2) is 11.6 Å². The molecule has 1 rings (SSSR count). The zero-order valence-corrected chi connectivity index (χ0v) is 4.83. The molecule has 2 N–H and O–H groups in total. The molecule has 0 saturated heterocycles. The van der Waals surface area contributed by atoms with E-state index >= 15 is 0 Å². The fourth-order valence-corrected chi connectivity index (χ4v) is 0.926. The van der Waals surface area contributed by atoms with Gasteiger partial charge >= 0.3 is 0 Å². The van der Waals surface area contributed by atoms with E-state index in [9.17, 15) is 0 Å². The molecule has 1 heterocycles. The molecule has 7 heavy (non-hydrogen) atoms. The van der Waals surface area contributed by atoms with Crippen molar-refractivity contribution < 1.29 is 5.11 Å². The third-order valence-electron chi connectivity index (χ3n) is 0.717. The Labute approximate surface area is 46.6 Å². The van der Waals surface area contributed by atoms with Gasteiger partial charge in [-0.3, -0.25) is 0 Å². The zero-order chi connectivity index (χ0) is 5.33. The Hall–Kier alpha value is -0.150. The van der Waals surface area contributed by atoms with E-state index in [-0.39, 0.29) is 0 Å². The third kappa shape index (κ3) is 1.11. The Kier molecular flexibility index (Phi) is 1.01. The van der Waals surface area contributed by atoms with E-state index < -0.39 is 5.06 Å². The van der Waals surface area contributed by atoms with Crippen LogP contribution in [-0.4, -0.2) is 10.2 Å². The van der Waals surface area contributed by atoms with Crippen molar-refractivity contribution in [1.29, 1.82) is 0 Å². The highest BCUT2D eigenvalue weighted by Gasteiger charge is 2.19. The van der Waals surface area contributed by atoms with Crippen LogP contribution >= 0.6 is 11.8 Å². The van der Waals surface area contributed by atoms with Gasteiger partial charge in [0.05, 0.1) is 0 Å². The maximum atomic E-state index is 8.98. The molecule has 0 aromatic heterocycles. The lowest BCUT2D eigenvalue weighted by atomic mass is 10.6. The van der Waals surface area contributed by atoms with E-state index in [0.717, 1.165) is 0 Å². The van der Waals surface area contributed by atoms with Crippen molar-refractivity contribution in [2.45, 2.75) is 12.0 Å². The van der Waals surface area contributed by atoms with Crippen LogP contribution in [0.25, 0.3) is 0 Å². The van der Waals surface area contributed by atoms with Gasteiger partial charge in [-0.1, -0.05) is 11.8 Å². The van der Waals surface area contributed by atoms with Gasteiger partial charge in [0.1, 0.15) is 0 Å². The van der Waals surface area contributed by atoms with Gasteiger partial charge in [0.15, 0.2) is 5.06 Å². The normalized spacial score (nSPS) is 38.6. The van der Waals surface area contributed by atoms with Crippen molar-refractivity contribution in [2.75, 3.05) is 0 Å². The lowest BCUT2D eigenvalue weighted by Gasteiger charge is -2.13.